The fraction of sp³-hybridized carbons (Fsp3) is 0.143. The molecule has 0 aromatic heterocycles. The van der Waals surface area contributed by atoms with E-state index >= 15 is 0 Å². The maximum absolute atomic E-state index is 12.8. The summed E-state index contributed by atoms with van der Waals surface area (Å²) in [5, 5.41) is 2.93. The van der Waals surface area contributed by atoms with E-state index in [-0.39, 0.29) is 5.91 Å². The molecule has 29 heavy (non-hydrogen) atoms. The number of amides is 1. The van der Waals surface area contributed by atoms with E-state index in [1.165, 1.54) is 11.8 Å². The lowest BCUT2D eigenvalue weighted by atomic mass is 10.3. The van der Waals surface area contributed by atoms with Crippen molar-refractivity contribution in [2.45, 2.75) is 11.8 Å². The molecule has 2 aromatic rings. The van der Waals surface area contributed by atoms with E-state index < -0.39 is 0 Å². The number of rotatable bonds is 3. The van der Waals surface area contributed by atoms with E-state index in [4.69, 9.17) is 23.2 Å². The topological polar surface area (TPSA) is 35.9 Å². The van der Waals surface area contributed by atoms with Gasteiger partial charge >= 0.3 is 0 Å². The first-order chi connectivity index (χ1) is 14.0. The van der Waals surface area contributed by atoms with Crippen LogP contribution in [0.15, 0.2) is 74.4 Å². The molecule has 0 bridgehead atoms. The first-order valence-corrected chi connectivity index (χ1v) is 11.3. The van der Waals surface area contributed by atoms with Crippen LogP contribution in [0.4, 0.5) is 11.4 Å². The zero-order valence-corrected chi connectivity index (χ0v) is 18.9. The highest BCUT2D eigenvalue weighted by atomic mass is 35.5. The van der Waals surface area contributed by atoms with Crippen molar-refractivity contribution in [3.8, 4) is 0 Å². The fourth-order valence-electron chi connectivity index (χ4n) is 2.96. The molecule has 0 aliphatic carbocycles. The number of likely N-dealkylation sites (N-methyl/N-ethyl adjacent to an activating group) is 1. The average Bonchev–Trinajstić information content (AvgIpc) is 3.18. The lowest BCUT2D eigenvalue weighted by molar-refractivity contribution is -0.122. The second-order valence-corrected chi connectivity index (χ2v) is 9.22. The van der Waals surface area contributed by atoms with Crippen LogP contribution in [-0.2, 0) is 4.79 Å². The Bertz CT molecular complexity index is 1080. The molecule has 0 spiro atoms. The van der Waals surface area contributed by atoms with Gasteiger partial charge in [-0.25, -0.2) is 4.99 Å². The Balaban J connectivity index is 1.61. The number of thioether (sulfide) groups is 2. The van der Waals surface area contributed by atoms with Crippen molar-refractivity contribution < 1.29 is 4.79 Å². The molecule has 2 aromatic carbocycles. The highest BCUT2D eigenvalue weighted by Crippen LogP contribution is 2.46. The minimum atomic E-state index is -0.0497. The van der Waals surface area contributed by atoms with Crippen LogP contribution >= 0.6 is 46.7 Å². The van der Waals surface area contributed by atoms with E-state index in [9.17, 15) is 4.79 Å². The molecule has 1 saturated heterocycles. The molecule has 0 unspecified atom stereocenters. The lowest BCUT2D eigenvalue weighted by Gasteiger charge is -2.13. The second-order valence-electron chi connectivity index (χ2n) is 6.31. The highest BCUT2D eigenvalue weighted by molar-refractivity contribution is 8.18. The van der Waals surface area contributed by atoms with Gasteiger partial charge in [0.05, 0.1) is 26.3 Å². The molecule has 2 aliphatic rings. The van der Waals surface area contributed by atoms with Crippen LogP contribution in [0.25, 0.3) is 0 Å². The van der Waals surface area contributed by atoms with Crippen molar-refractivity contribution in [3.63, 3.8) is 0 Å². The number of anilines is 1. The van der Waals surface area contributed by atoms with Gasteiger partial charge in [0.1, 0.15) is 0 Å². The van der Waals surface area contributed by atoms with Gasteiger partial charge in [-0.15, -0.1) is 0 Å². The molecular weight excluding hydrogens is 445 g/mol. The van der Waals surface area contributed by atoms with Crippen LogP contribution in [0.3, 0.4) is 0 Å². The van der Waals surface area contributed by atoms with Crippen LogP contribution in [0.2, 0.25) is 10.0 Å². The second kappa shape index (κ2) is 8.48. The number of aliphatic imine (C=N–C) groups is 1. The Morgan fingerprint density at radius 1 is 1.10 bits per heavy atom. The molecular formula is C21H17Cl2N3OS2. The summed E-state index contributed by atoms with van der Waals surface area (Å²) in [6, 6.07) is 13.2. The summed E-state index contributed by atoms with van der Waals surface area (Å²) in [6.07, 6.45) is 3.82. The van der Waals surface area contributed by atoms with Gasteiger partial charge in [0.2, 0.25) is 0 Å². The zero-order valence-electron chi connectivity index (χ0n) is 15.7. The molecule has 2 heterocycles. The summed E-state index contributed by atoms with van der Waals surface area (Å²) < 4.78 is 0. The van der Waals surface area contributed by atoms with Crippen molar-refractivity contribution >= 4 is 69.2 Å². The molecule has 2 aliphatic heterocycles. The van der Waals surface area contributed by atoms with E-state index in [0.717, 1.165) is 15.6 Å². The number of nitrogens with zero attached hydrogens (tertiary/aromatic N) is 3. The van der Waals surface area contributed by atoms with E-state index in [1.54, 1.807) is 22.7 Å². The van der Waals surface area contributed by atoms with Crippen LogP contribution < -0.4 is 4.90 Å². The van der Waals surface area contributed by atoms with Gasteiger partial charge in [0.25, 0.3) is 5.91 Å². The van der Waals surface area contributed by atoms with Gasteiger partial charge in [-0.05, 0) is 61.2 Å². The molecule has 148 valence electrons. The number of carbonyl (C=O) groups is 1. The quantitative estimate of drug-likeness (QED) is 0.485. The maximum atomic E-state index is 12.8. The Labute approximate surface area is 188 Å². The van der Waals surface area contributed by atoms with Crippen LogP contribution in [0.1, 0.15) is 6.92 Å². The van der Waals surface area contributed by atoms with Gasteiger partial charge in [0.15, 0.2) is 5.17 Å². The van der Waals surface area contributed by atoms with Crippen molar-refractivity contribution in [1.82, 2.24) is 4.90 Å². The van der Waals surface area contributed by atoms with Crippen LogP contribution in [0, 0.1) is 0 Å². The van der Waals surface area contributed by atoms with Gasteiger partial charge in [-0.1, -0.05) is 47.1 Å². The lowest BCUT2D eigenvalue weighted by Crippen LogP contribution is -2.28. The average molecular weight is 462 g/mol. The minimum Gasteiger partial charge on any atom is -0.338 e. The van der Waals surface area contributed by atoms with Gasteiger partial charge in [-0.2, -0.15) is 0 Å². The summed E-state index contributed by atoms with van der Waals surface area (Å²) in [5.41, 5.74) is 1.72. The molecule has 0 N–H and O–H groups in total. The number of carbonyl (C=O) groups excluding carboxylic acids is 1. The van der Waals surface area contributed by atoms with Crippen molar-refractivity contribution in [2.75, 3.05) is 18.5 Å². The Morgan fingerprint density at radius 3 is 2.66 bits per heavy atom. The van der Waals surface area contributed by atoms with Gasteiger partial charge in [-0.3, -0.25) is 9.69 Å². The SMILES string of the molecule is CCN1C(=O)/C(=C/C=C2/Sc3ccc(Cl)cc3N2C)SC1=Nc1ccccc1Cl. The molecule has 1 amide bonds. The number of para-hydroxylation sites is 1. The van der Waals surface area contributed by atoms with Crippen LogP contribution in [0.5, 0.6) is 0 Å². The summed E-state index contributed by atoms with van der Waals surface area (Å²) >= 11 is 15.4. The fourth-order valence-corrected chi connectivity index (χ4v) is 5.34. The largest absolute Gasteiger partial charge is 0.338 e. The third kappa shape index (κ3) is 4.08. The Kier molecular flexibility index (Phi) is 5.97. The molecule has 0 saturated carbocycles. The zero-order chi connectivity index (χ0) is 20.5. The Morgan fingerprint density at radius 2 is 1.90 bits per heavy atom. The number of hydrogen-bond acceptors (Lipinski definition) is 5. The number of fused-ring (bicyclic) bond motifs is 1. The standard InChI is InChI=1S/C21H17Cl2N3OS2/c1-3-26-20(27)18(29-21(26)24-15-7-5-4-6-14(15)23)10-11-19-25(2)16-12-13(22)8-9-17(16)28-19/h4-12H,3H2,1-2H3/b18-10-,19-11+,24-21?. The molecule has 4 rings (SSSR count). The van der Waals surface area contributed by atoms with Crippen molar-refractivity contribution in [2.24, 2.45) is 4.99 Å². The van der Waals surface area contributed by atoms with Gasteiger partial charge in [0, 0.05) is 23.5 Å². The first kappa shape index (κ1) is 20.4. The summed E-state index contributed by atoms with van der Waals surface area (Å²) in [4.78, 5) is 22.9. The normalized spacial score (nSPS) is 20.4. The predicted octanol–water partition coefficient (Wildman–Crippen LogP) is 6.54. The smallest absolute Gasteiger partial charge is 0.266 e. The molecule has 4 nitrogen and oxygen atoms in total. The van der Waals surface area contributed by atoms with Gasteiger partial charge < -0.3 is 4.90 Å². The highest BCUT2D eigenvalue weighted by Gasteiger charge is 2.32. The van der Waals surface area contributed by atoms with Crippen molar-refractivity contribution in [1.29, 1.82) is 0 Å². The molecule has 0 radical (unpaired) electrons. The minimum absolute atomic E-state index is 0.0497. The number of benzene rings is 2. The predicted molar refractivity (Wildman–Crippen MR) is 125 cm³/mol. The van der Waals surface area contributed by atoms with E-state index in [1.807, 2.05) is 62.5 Å². The number of amidine groups is 1. The van der Waals surface area contributed by atoms with E-state index in [0.29, 0.717) is 32.4 Å². The first-order valence-electron chi connectivity index (χ1n) is 8.94. The summed E-state index contributed by atoms with van der Waals surface area (Å²) in [5.74, 6) is -0.0497. The molecule has 1 fully saturated rings. The Hall–Kier alpha value is -1.86. The summed E-state index contributed by atoms with van der Waals surface area (Å²) in [6.45, 7) is 2.48. The maximum Gasteiger partial charge on any atom is 0.266 e. The third-order valence-corrected chi connectivity index (χ3v) is 7.24. The summed E-state index contributed by atoms with van der Waals surface area (Å²) in [7, 11) is 1.99. The molecule has 0 atom stereocenters. The number of halogens is 2. The van der Waals surface area contributed by atoms with E-state index in [2.05, 4.69) is 9.89 Å². The van der Waals surface area contributed by atoms with Crippen LogP contribution in [-0.4, -0.2) is 29.6 Å². The third-order valence-electron chi connectivity index (χ3n) is 4.48. The molecule has 8 heteroatoms. The monoisotopic (exact) mass is 461 g/mol. The van der Waals surface area contributed by atoms with Crippen molar-refractivity contribution in [3.05, 3.63) is 74.6 Å². The number of hydrogen-bond donors (Lipinski definition) is 0. The number of allylic oxidation sites excluding steroid dienone is 2.